The zero-order chi connectivity index (χ0) is 27.3. The molecule has 1 fully saturated rings. The lowest BCUT2D eigenvalue weighted by atomic mass is 9.98. The molecule has 14 nitrogen and oxygen atoms in total. The van der Waals surface area contributed by atoms with Crippen molar-refractivity contribution in [3.63, 3.8) is 0 Å². The van der Waals surface area contributed by atoms with Crippen LogP contribution >= 0.6 is 23.1 Å². The van der Waals surface area contributed by atoms with Crippen molar-refractivity contribution in [1.82, 2.24) is 15.2 Å². The number of methoxy groups -OCH3 is 1. The fraction of sp³-hybridized carbons (Fsp3) is 0.524. The van der Waals surface area contributed by atoms with Gasteiger partial charge in [-0.1, -0.05) is 5.16 Å². The van der Waals surface area contributed by atoms with Crippen LogP contribution in [-0.2, 0) is 38.2 Å². The van der Waals surface area contributed by atoms with E-state index in [0.29, 0.717) is 5.57 Å². The minimum atomic E-state index is -1.28. The summed E-state index contributed by atoms with van der Waals surface area (Å²) < 4.78 is 20.2. The maximum atomic E-state index is 13.1. The number of nitrogens with one attached hydrogen (secondary N) is 1. The van der Waals surface area contributed by atoms with E-state index in [-0.39, 0.29) is 23.1 Å². The molecule has 2 aliphatic rings. The third-order valence-corrected chi connectivity index (χ3v) is 6.82. The lowest BCUT2D eigenvalue weighted by Crippen LogP contribution is -2.74. The van der Waals surface area contributed by atoms with Crippen molar-refractivity contribution in [1.29, 1.82) is 0 Å². The Morgan fingerprint density at radius 3 is 2.54 bits per heavy atom. The number of nitrogens with two attached hydrogens (primary N) is 1. The zero-order valence-corrected chi connectivity index (χ0v) is 22.3. The normalized spacial score (nSPS) is 21.8. The van der Waals surface area contributed by atoms with Crippen LogP contribution in [0.4, 0.5) is 9.93 Å². The van der Waals surface area contributed by atoms with Gasteiger partial charge in [-0.2, -0.15) is 0 Å². The molecule has 2 aliphatic heterocycles. The number of esters is 1. The van der Waals surface area contributed by atoms with E-state index in [2.05, 4.69) is 15.5 Å². The van der Waals surface area contributed by atoms with Gasteiger partial charge in [0.2, 0.25) is 12.2 Å². The van der Waals surface area contributed by atoms with Crippen molar-refractivity contribution in [2.24, 2.45) is 5.16 Å². The number of thioether (sulfide) groups is 1. The number of hydrogen-bond donors (Lipinski definition) is 2. The minimum Gasteiger partial charge on any atom is -0.431 e. The molecule has 0 bridgehead atoms. The average molecular weight is 558 g/mol. The summed E-state index contributed by atoms with van der Waals surface area (Å²) in [6.07, 6.45) is -2.70. The van der Waals surface area contributed by atoms with E-state index in [4.69, 9.17) is 29.5 Å². The number of nitrogen functional groups attached to an aromatic ring is 1. The van der Waals surface area contributed by atoms with Crippen LogP contribution in [0, 0.1) is 0 Å². The molecule has 2 amide bonds. The van der Waals surface area contributed by atoms with Crippen molar-refractivity contribution in [2.45, 2.75) is 50.6 Å². The molecule has 0 spiro atoms. The highest BCUT2D eigenvalue weighted by atomic mass is 32.2. The third-order valence-electron chi connectivity index (χ3n) is 4.93. The summed E-state index contributed by atoms with van der Waals surface area (Å²) in [5.41, 5.74) is 6.14. The highest BCUT2D eigenvalue weighted by Gasteiger charge is 2.56. The molecule has 0 aliphatic carbocycles. The molecule has 1 aromatic heterocycles. The molecule has 3 rings (SSSR count). The number of nitrogens with zero attached hydrogens (tertiary/aromatic N) is 3. The van der Waals surface area contributed by atoms with E-state index in [1.807, 2.05) is 0 Å². The van der Waals surface area contributed by atoms with Crippen LogP contribution in [0.3, 0.4) is 0 Å². The number of anilines is 1. The highest BCUT2D eigenvalue weighted by molar-refractivity contribution is 8.03. The fourth-order valence-electron chi connectivity index (χ4n) is 3.49. The summed E-state index contributed by atoms with van der Waals surface area (Å²) in [7, 11) is 2.71. The van der Waals surface area contributed by atoms with Gasteiger partial charge in [0, 0.05) is 19.4 Å². The topological polar surface area (TPSA) is 181 Å². The Kier molecular flexibility index (Phi) is 9.34. The first-order chi connectivity index (χ1) is 17.6. The van der Waals surface area contributed by atoms with Crippen molar-refractivity contribution < 1.29 is 43.0 Å². The second-order valence-corrected chi connectivity index (χ2v) is 9.86. The molecular weight excluding hydrogens is 530 g/mol. The van der Waals surface area contributed by atoms with Gasteiger partial charge in [0.1, 0.15) is 24.2 Å². The molecule has 0 radical (unpaired) electrons. The summed E-state index contributed by atoms with van der Waals surface area (Å²) in [5, 5.41) is 9.13. The molecule has 1 aromatic rings. The lowest BCUT2D eigenvalue weighted by molar-refractivity contribution is -0.179. The van der Waals surface area contributed by atoms with Gasteiger partial charge in [0.25, 0.3) is 5.91 Å². The molecule has 3 heterocycles. The Morgan fingerprint density at radius 1 is 1.22 bits per heavy atom. The van der Waals surface area contributed by atoms with Crippen LogP contribution in [0.2, 0.25) is 0 Å². The Labute approximate surface area is 220 Å². The van der Waals surface area contributed by atoms with Gasteiger partial charge in [0.05, 0.1) is 12.7 Å². The quantitative estimate of drug-likeness (QED) is 0.136. The summed E-state index contributed by atoms with van der Waals surface area (Å²) in [4.78, 5) is 60.8. The number of thiazole rings is 1. The minimum absolute atomic E-state index is 0.0425. The molecule has 3 N–H and O–H groups in total. The van der Waals surface area contributed by atoms with E-state index in [1.165, 1.54) is 43.2 Å². The molecule has 0 aromatic carbocycles. The number of carbonyl (C=O) groups is 4. The Balaban J connectivity index is 1.73. The second kappa shape index (κ2) is 12.2. The van der Waals surface area contributed by atoms with Crippen molar-refractivity contribution >= 4 is 57.9 Å². The summed E-state index contributed by atoms with van der Waals surface area (Å²) in [6, 6.07) is -2.12. The van der Waals surface area contributed by atoms with E-state index in [0.717, 1.165) is 11.3 Å². The first kappa shape index (κ1) is 28.2. The van der Waals surface area contributed by atoms with Crippen LogP contribution in [0.25, 0.3) is 0 Å². The number of fused-ring (bicyclic) bond motifs is 1. The number of carbonyl (C=O) groups excluding carboxylic acids is 4. The SMILES string of the molecule is COCC1=CSC2C(NC(=O)/C(=N/OC)c3csc(N)n3)C(=O)N2C1C(=O)OC(C)OC(=O)OC(C)C. The van der Waals surface area contributed by atoms with Crippen LogP contribution in [0.15, 0.2) is 21.5 Å². The number of amides is 2. The van der Waals surface area contributed by atoms with Gasteiger partial charge in [-0.05, 0) is 24.8 Å². The predicted octanol–water partition coefficient (Wildman–Crippen LogP) is 0.825. The third kappa shape index (κ3) is 6.50. The van der Waals surface area contributed by atoms with Crippen LogP contribution in [0.5, 0.6) is 0 Å². The zero-order valence-electron chi connectivity index (χ0n) is 20.7. The lowest BCUT2D eigenvalue weighted by Gasteiger charge is -2.51. The smallest absolute Gasteiger partial charge is 0.431 e. The fourth-order valence-corrected chi connectivity index (χ4v) is 5.25. The van der Waals surface area contributed by atoms with Crippen molar-refractivity contribution in [2.75, 3.05) is 26.6 Å². The first-order valence-corrected chi connectivity index (χ1v) is 12.8. The maximum Gasteiger partial charge on any atom is 0.511 e. The van der Waals surface area contributed by atoms with Crippen molar-refractivity contribution in [3.8, 4) is 0 Å². The van der Waals surface area contributed by atoms with Crippen LogP contribution in [-0.4, -0.2) is 90.2 Å². The van der Waals surface area contributed by atoms with Crippen LogP contribution < -0.4 is 11.1 Å². The molecule has 202 valence electrons. The van der Waals surface area contributed by atoms with Crippen LogP contribution in [0.1, 0.15) is 26.5 Å². The van der Waals surface area contributed by atoms with Gasteiger partial charge in [-0.15, -0.1) is 23.1 Å². The average Bonchev–Trinajstić information content (AvgIpc) is 3.25. The summed E-state index contributed by atoms with van der Waals surface area (Å²) in [5.74, 6) is -2.07. The number of hydrogen-bond acceptors (Lipinski definition) is 14. The molecule has 0 saturated carbocycles. The van der Waals surface area contributed by atoms with E-state index < -0.39 is 53.8 Å². The van der Waals surface area contributed by atoms with E-state index in [9.17, 15) is 19.2 Å². The first-order valence-electron chi connectivity index (χ1n) is 10.9. The highest BCUT2D eigenvalue weighted by Crippen LogP contribution is 2.40. The number of oxime groups is 1. The molecule has 4 unspecified atom stereocenters. The van der Waals surface area contributed by atoms with E-state index in [1.54, 1.807) is 19.3 Å². The Morgan fingerprint density at radius 2 is 1.95 bits per heavy atom. The van der Waals surface area contributed by atoms with Gasteiger partial charge < -0.3 is 39.7 Å². The number of rotatable bonds is 10. The number of aromatic nitrogens is 1. The van der Waals surface area contributed by atoms with Gasteiger partial charge >= 0.3 is 12.1 Å². The molecule has 4 atom stereocenters. The summed E-state index contributed by atoms with van der Waals surface area (Å²) >= 11 is 2.34. The summed E-state index contributed by atoms with van der Waals surface area (Å²) in [6.45, 7) is 4.67. The monoisotopic (exact) mass is 557 g/mol. The molecule has 37 heavy (non-hydrogen) atoms. The largest absolute Gasteiger partial charge is 0.511 e. The number of ether oxygens (including phenoxy) is 4. The second-order valence-electron chi connectivity index (χ2n) is 7.98. The van der Waals surface area contributed by atoms with E-state index >= 15 is 0 Å². The Bertz CT molecular complexity index is 1110. The molecule has 16 heteroatoms. The van der Waals surface area contributed by atoms with Gasteiger partial charge in [-0.25, -0.2) is 14.6 Å². The van der Waals surface area contributed by atoms with Gasteiger partial charge in [-0.3, -0.25) is 9.59 Å². The van der Waals surface area contributed by atoms with Crippen molar-refractivity contribution in [3.05, 3.63) is 22.1 Å². The molecule has 1 saturated heterocycles. The maximum absolute atomic E-state index is 13.1. The Hall–Kier alpha value is -3.37. The van der Waals surface area contributed by atoms with Gasteiger partial charge in [0.15, 0.2) is 16.9 Å². The molecular formula is C21H27N5O9S2. The number of β-lactam (4-membered cyclic amide) rings is 1. The standard InChI is InChI=1S/C21H27N5O9S2/c1-9(2)33-21(30)35-10(3)34-19(29)15-11(6-31-4)7-36-18-14(17(28)26(15)18)24-16(27)13(25-32-5)12-8-37-20(22)23-12/h7-10,14-15,18H,6H2,1-5H3,(H2,22,23)(H,24,27)/b25-13+. The predicted molar refractivity (Wildman–Crippen MR) is 132 cm³/mol.